The molecule has 1 aromatic rings. The van der Waals surface area contributed by atoms with E-state index in [9.17, 15) is 0 Å². The second-order valence-electron chi connectivity index (χ2n) is 5.20. The number of hydrogen-bond acceptors (Lipinski definition) is 4. The Hall–Kier alpha value is -1.44. The lowest BCUT2D eigenvalue weighted by molar-refractivity contribution is 0.202. The summed E-state index contributed by atoms with van der Waals surface area (Å²) in [5.74, 6) is 0.761. The maximum atomic E-state index is 8.79. The molecule has 0 bridgehead atoms. The summed E-state index contributed by atoms with van der Waals surface area (Å²) in [6.45, 7) is 5.11. The molecule has 102 valence electrons. The van der Waals surface area contributed by atoms with Crippen LogP contribution < -0.4 is 5.32 Å². The van der Waals surface area contributed by atoms with Gasteiger partial charge >= 0.3 is 0 Å². The van der Waals surface area contributed by atoms with Crippen LogP contribution >= 0.6 is 0 Å². The Morgan fingerprint density at radius 1 is 1.42 bits per heavy atom. The van der Waals surface area contributed by atoms with Crippen LogP contribution in [0.25, 0.3) is 0 Å². The molecule has 1 saturated heterocycles. The maximum Gasteiger partial charge on any atom is 0.0635 e. The van der Waals surface area contributed by atoms with Crippen LogP contribution in [0.1, 0.15) is 24.8 Å². The van der Waals surface area contributed by atoms with Gasteiger partial charge in [0.25, 0.3) is 0 Å². The van der Waals surface area contributed by atoms with Crippen molar-refractivity contribution in [2.75, 3.05) is 26.2 Å². The van der Waals surface area contributed by atoms with E-state index in [2.05, 4.69) is 27.3 Å². The largest absolute Gasteiger partial charge is 0.317 e. The van der Waals surface area contributed by atoms with Gasteiger partial charge < -0.3 is 5.32 Å². The molecule has 0 saturated carbocycles. The first-order chi connectivity index (χ1) is 9.38. The molecule has 2 rings (SSSR count). The van der Waals surface area contributed by atoms with Crippen LogP contribution in [0.4, 0.5) is 0 Å². The highest BCUT2D eigenvalue weighted by Crippen LogP contribution is 2.15. The van der Waals surface area contributed by atoms with Crippen molar-refractivity contribution < 1.29 is 0 Å². The van der Waals surface area contributed by atoms with Crippen molar-refractivity contribution in [3.05, 3.63) is 30.1 Å². The smallest absolute Gasteiger partial charge is 0.0635 e. The quantitative estimate of drug-likeness (QED) is 0.845. The third-order valence-corrected chi connectivity index (χ3v) is 3.64. The number of nitrogens with zero attached hydrogens (tertiary/aromatic N) is 3. The molecule has 0 spiro atoms. The zero-order valence-corrected chi connectivity index (χ0v) is 11.4. The third kappa shape index (κ3) is 4.98. The van der Waals surface area contributed by atoms with Crippen molar-refractivity contribution in [1.82, 2.24) is 15.2 Å². The molecule has 4 nitrogen and oxygen atoms in total. The van der Waals surface area contributed by atoms with Crippen LogP contribution in [0.15, 0.2) is 24.5 Å². The van der Waals surface area contributed by atoms with Crippen LogP contribution in [0.3, 0.4) is 0 Å². The zero-order chi connectivity index (χ0) is 13.3. The molecule has 1 N–H and O–H groups in total. The van der Waals surface area contributed by atoms with Gasteiger partial charge in [0.2, 0.25) is 0 Å². The summed E-state index contributed by atoms with van der Waals surface area (Å²) in [4.78, 5) is 6.56. The van der Waals surface area contributed by atoms with Gasteiger partial charge in [-0.25, -0.2) is 0 Å². The van der Waals surface area contributed by atoms with Crippen LogP contribution in [-0.4, -0.2) is 36.1 Å². The fourth-order valence-electron chi connectivity index (χ4n) is 2.62. The minimum Gasteiger partial charge on any atom is -0.317 e. The Morgan fingerprint density at radius 3 is 2.95 bits per heavy atom. The van der Waals surface area contributed by atoms with Gasteiger partial charge in [0.1, 0.15) is 0 Å². The SMILES string of the molecule is N#CCCN(Cc1cccnc1)CC1CCNCC1. The van der Waals surface area contributed by atoms with Crippen LogP contribution in [0, 0.1) is 17.2 Å². The van der Waals surface area contributed by atoms with E-state index in [1.807, 2.05) is 12.3 Å². The van der Waals surface area contributed by atoms with Gasteiger partial charge in [-0.1, -0.05) is 6.07 Å². The maximum absolute atomic E-state index is 8.79. The molecule has 0 unspecified atom stereocenters. The minimum atomic E-state index is 0.602. The summed E-state index contributed by atoms with van der Waals surface area (Å²) in [6, 6.07) is 6.33. The fraction of sp³-hybridized carbons (Fsp3) is 0.600. The summed E-state index contributed by atoms with van der Waals surface area (Å²) < 4.78 is 0. The van der Waals surface area contributed by atoms with Crippen LogP contribution in [-0.2, 0) is 6.54 Å². The lowest BCUT2D eigenvalue weighted by Gasteiger charge is -2.29. The lowest BCUT2D eigenvalue weighted by Crippen LogP contribution is -2.36. The molecular formula is C15H22N4. The van der Waals surface area contributed by atoms with Crippen molar-refractivity contribution in [1.29, 1.82) is 5.26 Å². The average Bonchev–Trinajstić information content (AvgIpc) is 2.47. The van der Waals surface area contributed by atoms with E-state index in [-0.39, 0.29) is 0 Å². The van der Waals surface area contributed by atoms with E-state index in [0.29, 0.717) is 6.42 Å². The van der Waals surface area contributed by atoms with E-state index >= 15 is 0 Å². The molecule has 4 heteroatoms. The number of hydrogen-bond donors (Lipinski definition) is 1. The molecule has 0 amide bonds. The van der Waals surface area contributed by atoms with Crippen molar-refractivity contribution in [3.8, 4) is 6.07 Å². The summed E-state index contributed by atoms with van der Waals surface area (Å²) in [7, 11) is 0. The van der Waals surface area contributed by atoms with Crippen molar-refractivity contribution in [3.63, 3.8) is 0 Å². The Kier molecular flexibility index (Phi) is 5.80. The first-order valence-electron chi connectivity index (χ1n) is 7.07. The molecule has 0 aliphatic carbocycles. The van der Waals surface area contributed by atoms with Crippen LogP contribution in [0.2, 0.25) is 0 Å². The second kappa shape index (κ2) is 7.88. The van der Waals surface area contributed by atoms with Crippen molar-refractivity contribution >= 4 is 0 Å². The highest BCUT2D eigenvalue weighted by molar-refractivity contribution is 5.08. The number of piperidine rings is 1. The van der Waals surface area contributed by atoms with E-state index < -0.39 is 0 Å². The summed E-state index contributed by atoms with van der Waals surface area (Å²) >= 11 is 0. The van der Waals surface area contributed by atoms with Gasteiger partial charge in [0, 0.05) is 38.4 Å². The normalized spacial score (nSPS) is 16.4. The fourth-order valence-corrected chi connectivity index (χ4v) is 2.62. The topological polar surface area (TPSA) is 52.0 Å². The molecule has 0 radical (unpaired) electrons. The number of aromatic nitrogens is 1. The molecule has 1 fully saturated rings. The monoisotopic (exact) mass is 258 g/mol. The molecule has 1 aliphatic rings. The van der Waals surface area contributed by atoms with Crippen LogP contribution in [0.5, 0.6) is 0 Å². The molecular weight excluding hydrogens is 236 g/mol. The third-order valence-electron chi connectivity index (χ3n) is 3.64. The van der Waals surface area contributed by atoms with Gasteiger partial charge in [-0.3, -0.25) is 9.88 Å². The Bertz CT molecular complexity index is 392. The first kappa shape index (κ1) is 14.0. The highest BCUT2D eigenvalue weighted by atomic mass is 15.1. The van der Waals surface area contributed by atoms with Gasteiger partial charge in [0.05, 0.1) is 6.07 Å². The summed E-state index contributed by atoms with van der Waals surface area (Å²) in [5, 5.41) is 12.2. The van der Waals surface area contributed by atoms with Crippen molar-refractivity contribution in [2.24, 2.45) is 5.92 Å². The van der Waals surface area contributed by atoms with E-state index in [4.69, 9.17) is 5.26 Å². The van der Waals surface area contributed by atoms with Crippen molar-refractivity contribution in [2.45, 2.75) is 25.8 Å². The molecule has 0 atom stereocenters. The molecule has 0 aromatic carbocycles. The molecule has 2 heterocycles. The Balaban J connectivity index is 1.89. The predicted molar refractivity (Wildman–Crippen MR) is 75.3 cm³/mol. The van der Waals surface area contributed by atoms with Gasteiger partial charge in [-0.2, -0.15) is 5.26 Å². The first-order valence-corrected chi connectivity index (χ1v) is 7.07. The predicted octanol–water partition coefficient (Wildman–Crippen LogP) is 1.80. The Labute approximate surface area is 115 Å². The number of pyridine rings is 1. The number of nitrogens with one attached hydrogen (secondary N) is 1. The second-order valence-corrected chi connectivity index (χ2v) is 5.20. The number of rotatable bonds is 6. The average molecular weight is 258 g/mol. The van der Waals surface area contributed by atoms with Gasteiger partial charge in [-0.05, 0) is 43.5 Å². The van der Waals surface area contributed by atoms with Gasteiger partial charge in [0.15, 0.2) is 0 Å². The molecule has 1 aromatic heterocycles. The number of nitriles is 1. The van der Waals surface area contributed by atoms with E-state index in [1.54, 1.807) is 6.20 Å². The highest BCUT2D eigenvalue weighted by Gasteiger charge is 2.17. The zero-order valence-electron chi connectivity index (χ0n) is 11.4. The molecule has 19 heavy (non-hydrogen) atoms. The minimum absolute atomic E-state index is 0.602. The standard InChI is InChI=1S/C15H22N4/c16-6-2-10-19(12-14-4-8-17-9-5-14)13-15-3-1-7-18-11-15/h1,3,7,11,14,17H,2,4-5,8-10,12-13H2. The Morgan fingerprint density at radius 2 is 2.26 bits per heavy atom. The summed E-state index contributed by atoms with van der Waals surface area (Å²) in [5.41, 5.74) is 1.23. The molecule has 1 aliphatic heterocycles. The van der Waals surface area contributed by atoms with Gasteiger partial charge in [-0.15, -0.1) is 0 Å². The summed E-state index contributed by atoms with van der Waals surface area (Å²) in [6.07, 6.45) is 6.81. The van der Waals surface area contributed by atoms with E-state index in [0.717, 1.165) is 38.6 Å². The lowest BCUT2D eigenvalue weighted by atomic mass is 9.97. The van der Waals surface area contributed by atoms with E-state index in [1.165, 1.54) is 18.4 Å².